The quantitative estimate of drug-likeness (QED) is 0.629. The van der Waals surface area contributed by atoms with Gasteiger partial charge < -0.3 is 0 Å². The highest BCUT2D eigenvalue weighted by atomic mass is 127. The highest BCUT2D eigenvalue weighted by molar-refractivity contribution is 14.1. The number of rotatable bonds is 2. The third-order valence-electron chi connectivity index (χ3n) is 2.07. The van der Waals surface area contributed by atoms with Crippen molar-refractivity contribution in [3.05, 3.63) is 39.5 Å². The van der Waals surface area contributed by atoms with Crippen molar-refractivity contribution in [3.63, 3.8) is 0 Å². The predicted octanol–water partition coefficient (Wildman–Crippen LogP) is 1.99. The Morgan fingerprint density at radius 1 is 1.47 bits per heavy atom. The molecule has 0 atom stereocenters. The van der Waals surface area contributed by atoms with Gasteiger partial charge in [-0.15, -0.1) is 0 Å². The minimum atomic E-state index is 0.319. The molecule has 0 aliphatic rings. The number of nitrogens with zero attached hydrogens (tertiary/aromatic N) is 3. The summed E-state index contributed by atoms with van der Waals surface area (Å²) in [5.74, 6) is 0.319. The van der Waals surface area contributed by atoms with Gasteiger partial charge in [0.2, 0.25) is 0 Å². The predicted molar refractivity (Wildman–Crippen MR) is 64.2 cm³/mol. The summed E-state index contributed by atoms with van der Waals surface area (Å²) in [4.78, 5) is 14.6. The molecular formula is C10H8IN3O. The van der Waals surface area contributed by atoms with Gasteiger partial charge in [0.25, 0.3) is 0 Å². The van der Waals surface area contributed by atoms with Crippen LogP contribution in [-0.2, 0) is 0 Å². The van der Waals surface area contributed by atoms with Crippen molar-refractivity contribution in [1.29, 1.82) is 0 Å². The van der Waals surface area contributed by atoms with Crippen LogP contribution in [0.4, 0.5) is 0 Å². The Labute approximate surface area is 100 Å². The molecule has 1 aromatic carbocycles. The lowest BCUT2D eigenvalue weighted by atomic mass is 10.2. The highest BCUT2D eigenvalue weighted by Gasteiger charge is 2.07. The zero-order valence-electron chi connectivity index (χ0n) is 8.01. The summed E-state index contributed by atoms with van der Waals surface area (Å²) in [7, 11) is 0. The van der Waals surface area contributed by atoms with Crippen LogP contribution in [0.3, 0.4) is 0 Å². The van der Waals surface area contributed by atoms with Gasteiger partial charge in [-0.1, -0.05) is 0 Å². The monoisotopic (exact) mass is 313 g/mol. The van der Waals surface area contributed by atoms with Gasteiger partial charge in [-0.05, 0) is 53.3 Å². The molecule has 1 aromatic heterocycles. The molecule has 0 bridgehead atoms. The molecule has 76 valence electrons. The van der Waals surface area contributed by atoms with Crippen molar-refractivity contribution in [2.24, 2.45) is 0 Å². The van der Waals surface area contributed by atoms with Crippen LogP contribution < -0.4 is 0 Å². The van der Waals surface area contributed by atoms with Gasteiger partial charge in [-0.25, -0.2) is 9.67 Å². The average molecular weight is 313 g/mol. The third kappa shape index (κ3) is 1.92. The maximum absolute atomic E-state index is 10.7. The number of aromatic nitrogens is 3. The topological polar surface area (TPSA) is 47.8 Å². The van der Waals surface area contributed by atoms with Crippen LogP contribution >= 0.6 is 22.6 Å². The number of carbonyl (C=O) groups excluding carboxylic acids is 1. The second-order valence-electron chi connectivity index (χ2n) is 3.08. The van der Waals surface area contributed by atoms with Crippen LogP contribution in [0.2, 0.25) is 0 Å². The van der Waals surface area contributed by atoms with Gasteiger partial charge in [0.05, 0.1) is 5.69 Å². The summed E-state index contributed by atoms with van der Waals surface area (Å²) in [6.45, 7) is 1.98. The van der Waals surface area contributed by atoms with Crippen molar-refractivity contribution >= 4 is 28.9 Å². The summed E-state index contributed by atoms with van der Waals surface area (Å²) < 4.78 is 2.69. The Hall–Kier alpha value is -1.24. The van der Waals surface area contributed by atoms with Gasteiger partial charge in [0.15, 0.2) is 12.1 Å². The van der Waals surface area contributed by atoms with Gasteiger partial charge >= 0.3 is 0 Å². The second kappa shape index (κ2) is 4.09. The van der Waals surface area contributed by atoms with E-state index in [9.17, 15) is 4.79 Å². The molecule has 0 spiro atoms. The number of hydrogen-bond donors (Lipinski definition) is 0. The molecule has 2 aromatic rings. The molecule has 0 amide bonds. The van der Waals surface area contributed by atoms with E-state index in [-0.39, 0.29) is 0 Å². The van der Waals surface area contributed by atoms with E-state index in [1.807, 2.05) is 25.1 Å². The Morgan fingerprint density at radius 3 is 2.93 bits per heavy atom. The van der Waals surface area contributed by atoms with Crippen LogP contribution in [0.25, 0.3) is 5.69 Å². The van der Waals surface area contributed by atoms with Crippen LogP contribution in [0, 0.1) is 10.5 Å². The molecule has 4 nitrogen and oxygen atoms in total. The SMILES string of the molecule is Cc1cc(I)ccc1-n1ncnc1C=O. The zero-order chi connectivity index (χ0) is 10.8. The van der Waals surface area contributed by atoms with E-state index in [4.69, 9.17) is 0 Å². The van der Waals surface area contributed by atoms with E-state index in [1.54, 1.807) is 4.68 Å². The lowest BCUT2D eigenvalue weighted by Crippen LogP contribution is -2.04. The van der Waals surface area contributed by atoms with Gasteiger partial charge in [-0.3, -0.25) is 4.79 Å². The fraction of sp³-hybridized carbons (Fsp3) is 0.100. The molecule has 0 saturated heterocycles. The van der Waals surface area contributed by atoms with Crippen molar-refractivity contribution in [2.75, 3.05) is 0 Å². The Morgan fingerprint density at radius 2 is 2.27 bits per heavy atom. The first-order chi connectivity index (χ1) is 7.22. The molecule has 0 N–H and O–H groups in total. The minimum absolute atomic E-state index is 0.319. The standard InChI is InChI=1S/C10H8IN3O/c1-7-4-8(11)2-3-9(7)14-10(5-15)12-6-13-14/h2-6H,1H3. The first-order valence-electron chi connectivity index (χ1n) is 4.34. The second-order valence-corrected chi connectivity index (χ2v) is 4.32. The van der Waals surface area contributed by atoms with Crippen molar-refractivity contribution in [1.82, 2.24) is 14.8 Å². The van der Waals surface area contributed by atoms with E-state index in [0.29, 0.717) is 12.1 Å². The van der Waals surface area contributed by atoms with Crippen LogP contribution in [0.1, 0.15) is 16.2 Å². The lowest BCUT2D eigenvalue weighted by molar-refractivity contribution is 0.111. The molecule has 0 fully saturated rings. The third-order valence-corrected chi connectivity index (χ3v) is 2.74. The van der Waals surface area contributed by atoms with Crippen molar-refractivity contribution in [3.8, 4) is 5.69 Å². The van der Waals surface area contributed by atoms with Gasteiger partial charge in [0.1, 0.15) is 6.33 Å². The van der Waals surface area contributed by atoms with Gasteiger partial charge in [0, 0.05) is 3.57 Å². The Balaban J connectivity index is 2.59. The Kier molecular flexibility index (Phi) is 2.81. The smallest absolute Gasteiger partial charge is 0.196 e. The summed E-state index contributed by atoms with van der Waals surface area (Å²) >= 11 is 2.24. The first kappa shape index (κ1) is 10.3. The van der Waals surface area contributed by atoms with E-state index in [0.717, 1.165) is 14.8 Å². The van der Waals surface area contributed by atoms with Crippen LogP contribution in [0.5, 0.6) is 0 Å². The molecule has 0 aliphatic carbocycles. The van der Waals surface area contributed by atoms with Crippen LogP contribution in [0.15, 0.2) is 24.5 Å². The summed E-state index contributed by atoms with van der Waals surface area (Å²) in [6, 6.07) is 5.93. The van der Waals surface area contributed by atoms with E-state index < -0.39 is 0 Å². The molecule has 0 unspecified atom stereocenters. The van der Waals surface area contributed by atoms with Gasteiger partial charge in [-0.2, -0.15) is 5.10 Å². The van der Waals surface area contributed by atoms with E-state index in [2.05, 4.69) is 32.7 Å². The molecule has 15 heavy (non-hydrogen) atoms. The van der Waals surface area contributed by atoms with Crippen molar-refractivity contribution < 1.29 is 4.79 Å². The maximum Gasteiger partial charge on any atom is 0.196 e. The molecular weight excluding hydrogens is 305 g/mol. The van der Waals surface area contributed by atoms with E-state index in [1.165, 1.54) is 6.33 Å². The largest absolute Gasteiger partial charge is 0.294 e. The maximum atomic E-state index is 10.7. The fourth-order valence-corrected chi connectivity index (χ4v) is 2.02. The minimum Gasteiger partial charge on any atom is -0.294 e. The molecule has 0 aliphatic heterocycles. The van der Waals surface area contributed by atoms with Crippen molar-refractivity contribution in [2.45, 2.75) is 6.92 Å². The summed E-state index contributed by atoms with van der Waals surface area (Å²) in [6.07, 6.45) is 2.07. The summed E-state index contributed by atoms with van der Waals surface area (Å²) in [5.41, 5.74) is 1.95. The Bertz CT molecular complexity index is 507. The normalized spacial score (nSPS) is 10.3. The number of aldehydes is 1. The number of carbonyl (C=O) groups is 1. The van der Waals surface area contributed by atoms with Crippen LogP contribution in [-0.4, -0.2) is 21.1 Å². The fourth-order valence-electron chi connectivity index (χ4n) is 1.37. The molecule has 0 radical (unpaired) electrons. The molecule has 5 heteroatoms. The lowest BCUT2D eigenvalue weighted by Gasteiger charge is -2.06. The molecule has 0 saturated carbocycles. The zero-order valence-corrected chi connectivity index (χ0v) is 10.2. The number of benzene rings is 1. The highest BCUT2D eigenvalue weighted by Crippen LogP contribution is 2.16. The first-order valence-corrected chi connectivity index (χ1v) is 5.42. The number of aryl methyl sites for hydroxylation is 1. The van der Waals surface area contributed by atoms with E-state index >= 15 is 0 Å². The summed E-state index contributed by atoms with van der Waals surface area (Å²) in [5, 5.41) is 4.02. The molecule has 1 heterocycles. The number of hydrogen-bond acceptors (Lipinski definition) is 3. The average Bonchev–Trinajstić information content (AvgIpc) is 2.65. The number of halogens is 1. The molecule has 2 rings (SSSR count).